The number of anilines is 2. The van der Waals surface area contributed by atoms with Crippen LogP contribution in [0.5, 0.6) is 5.75 Å². The molecule has 5 rings (SSSR count). The van der Waals surface area contributed by atoms with Gasteiger partial charge >= 0.3 is 0 Å². The predicted octanol–water partition coefficient (Wildman–Crippen LogP) is 6.57. The van der Waals surface area contributed by atoms with Crippen LogP contribution >= 0.6 is 24.0 Å². The first kappa shape index (κ1) is 23.8. The summed E-state index contributed by atoms with van der Waals surface area (Å²) in [4.78, 5) is 27.6. The van der Waals surface area contributed by atoms with Crippen molar-refractivity contribution in [2.45, 2.75) is 6.92 Å². The van der Waals surface area contributed by atoms with Crippen LogP contribution in [-0.2, 0) is 9.59 Å². The minimum absolute atomic E-state index is 0.0998. The van der Waals surface area contributed by atoms with E-state index in [1.807, 2.05) is 91.9 Å². The monoisotopic (exact) mass is 510 g/mol. The first-order valence-corrected chi connectivity index (χ1v) is 12.6. The summed E-state index contributed by atoms with van der Waals surface area (Å²) in [6.07, 6.45) is 1.82. The van der Waals surface area contributed by atoms with Gasteiger partial charge in [-0.15, -0.1) is 0 Å². The van der Waals surface area contributed by atoms with E-state index >= 15 is 0 Å². The quantitative estimate of drug-likeness (QED) is 0.235. The summed E-state index contributed by atoms with van der Waals surface area (Å²) < 4.78 is 6.13. The second-order valence-electron chi connectivity index (χ2n) is 8.24. The lowest BCUT2D eigenvalue weighted by atomic mass is 10.1. The summed E-state index contributed by atoms with van der Waals surface area (Å²) in [6, 6.07) is 28.6. The number of thioether (sulfide) groups is 1. The largest absolute Gasteiger partial charge is 0.484 e. The highest BCUT2D eigenvalue weighted by Gasteiger charge is 2.34. The number of carbonyl (C=O) groups excluding carboxylic acids is 2. The normalized spacial score (nSPS) is 14.5. The van der Waals surface area contributed by atoms with Gasteiger partial charge in [-0.3, -0.25) is 14.5 Å². The third kappa shape index (κ3) is 5.03. The molecule has 0 spiro atoms. The number of para-hydroxylation sites is 1. The summed E-state index contributed by atoms with van der Waals surface area (Å²) in [5.74, 6) is 0.190. The number of carbonyl (C=O) groups is 2. The SMILES string of the molecule is Cc1ccccc1NC(=O)COc1ccc(/C=C2/SC(=S)N(c3cccc4ccccc34)C2=O)cc1. The number of ether oxygens (including phenoxy) is 1. The molecule has 0 aromatic heterocycles. The van der Waals surface area contributed by atoms with Gasteiger partial charge < -0.3 is 10.1 Å². The van der Waals surface area contributed by atoms with Crippen LogP contribution in [-0.4, -0.2) is 22.7 Å². The highest BCUT2D eigenvalue weighted by Crippen LogP contribution is 2.39. The molecule has 4 aromatic rings. The molecule has 1 heterocycles. The number of amides is 2. The average Bonchev–Trinajstić information content (AvgIpc) is 3.17. The Morgan fingerprint density at radius 1 is 0.972 bits per heavy atom. The van der Waals surface area contributed by atoms with E-state index in [-0.39, 0.29) is 18.4 Å². The first-order valence-electron chi connectivity index (χ1n) is 11.3. The van der Waals surface area contributed by atoms with Crippen molar-refractivity contribution in [1.29, 1.82) is 0 Å². The number of benzene rings is 4. The van der Waals surface area contributed by atoms with Crippen LogP contribution in [0.15, 0.2) is 95.9 Å². The van der Waals surface area contributed by atoms with Gasteiger partial charge in [0.2, 0.25) is 0 Å². The molecule has 1 N–H and O–H groups in total. The molecule has 0 bridgehead atoms. The van der Waals surface area contributed by atoms with Gasteiger partial charge in [-0.05, 0) is 53.8 Å². The fraction of sp³-hybridized carbons (Fsp3) is 0.0690. The number of hydrogen-bond acceptors (Lipinski definition) is 5. The molecule has 0 radical (unpaired) electrons. The van der Waals surface area contributed by atoms with Crippen LogP contribution < -0.4 is 15.0 Å². The van der Waals surface area contributed by atoms with Crippen molar-refractivity contribution in [3.63, 3.8) is 0 Å². The van der Waals surface area contributed by atoms with E-state index in [0.717, 1.165) is 33.3 Å². The molecule has 5 nitrogen and oxygen atoms in total. The molecular weight excluding hydrogens is 488 g/mol. The fourth-order valence-electron chi connectivity index (χ4n) is 3.94. The Bertz CT molecular complexity index is 1510. The number of thiocarbonyl (C=S) groups is 1. The van der Waals surface area contributed by atoms with Gasteiger partial charge in [-0.1, -0.05) is 90.7 Å². The second-order valence-corrected chi connectivity index (χ2v) is 9.91. The van der Waals surface area contributed by atoms with Gasteiger partial charge in [0.05, 0.1) is 10.6 Å². The lowest BCUT2D eigenvalue weighted by Gasteiger charge is -2.17. The maximum Gasteiger partial charge on any atom is 0.270 e. The highest BCUT2D eigenvalue weighted by molar-refractivity contribution is 8.27. The maximum absolute atomic E-state index is 13.3. The van der Waals surface area contributed by atoms with Crippen molar-refractivity contribution in [2.24, 2.45) is 0 Å². The van der Waals surface area contributed by atoms with Gasteiger partial charge in [-0.2, -0.15) is 0 Å². The van der Waals surface area contributed by atoms with Crippen molar-refractivity contribution in [2.75, 3.05) is 16.8 Å². The Morgan fingerprint density at radius 3 is 2.50 bits per heavy atom. The third-order valence-corrected chi connectivity index (χ3v) is 7.07. The molecule has 1 fully saturated rings. The van der Waals surface area contributed by atoms with E-state index in [4.69, 9.17) is 17.0 Å². The van der Waals surface area contributed by atoms with Gasteiger partial charge in [-0.25, -0.2) is 0 Å². The predicted molar refractivity (Wildman–Crippen MR) is 151 cm³/mol. The van der Waals surface area contributed by atoms with Crippen molar-refractivity contribution in [3.05, 3.63) is 107 Å². The van der Waals surface area contributed by atoms with Crippen molar-refractivity contribution in [1.82, 2.24) is 0 Å². The molecular formula is C29H22N2O3S2. The standard InChI is InChI=1S/C29H22N2O3S2/c1-19-7-2-5-11-24(19)30-27(32)18-34-22-15-13-20(14-16-22)17-26-28(33)31(29(35)36-26)25-12-6-9-21-8-3-4-10-23(21)25/h2-17H,18H2,1H3,(H,30,32)/b26-17+. The molecule has 4 aromatic carbocycles. The van der Waals surface area contributed by atoms with Crippen molar-refractivity contribution in [3.8, 4) is 5.75 Å². The van der Waals surface area contributed by atoms with E-state index in [0.29, 0.717) is 15.0 Å². The molecule has 0 unspecified atom stereocenters. The van der Waals surface area contributed by atoms with Crippen LogP contribution in [0.3, 0.4) is 0 Å². The number of nitrogens with zero attached hydrogens (tertiary/aromatic N) is 1. The van der Waals surface area contributed by atoms with Gasteiger partial charge in [0.15, 0.2) is 10.9 Å². The number of hydrogen-bond donors (Lipinski definition) is 1. The lowest BCUT2D eigenvalue weighted by Crippen LogP contribution is -2.27. The van der Waals surface area contributed by atoms with Crippen LogP contribution in [0.1, 0.15) is 11.1 Å². The number of aryl methyl sites for hydroxylation is 1. The molecule has 7 heteroatoms. The van der Waals surface area contributed by atoms with E-state index in [1.54, 1.807) is 17.0 Å². The highest BCUT2D eigenvalue weighted by atomic mass is 32.2. The molecule has 1 saturated heterocycles. The molecule has 1 aliphatic rings. The Balaban J connectivity index is 1.26. The minimum atomic E-state index is -0.231. The van der Waals surface area contributed by atoms with Crippen LogP contribution in [0, 0.1) is 6.92 Å². The van der Waals surface area contributed by atoms with Crippen LogP contribution in [0.25, 0.3) is 16.8 Å². The molecule has 0 atom stereocenters. The zero-order valence-electron chi connectivity index (χ0n) is 19.4. The summed E-state index contributed by atoms with van der Waals surface area (Å²) in [6.45, 7) is 1.84. The molecule has 1 aliphatic heterocycles. The van der Waals surface area contributed by atoms with E-state index < -0.39 is 0 Å². The van der Waals surface area contributed by atoms with Gasteiger partial charge in [0.25, 0.3) is 11.8 Å². The average molecular weight is 511 g/mol. The molecule has 36 heavy (non-hydrogen) atoms. The Labute approximate surface area is 218 Å². The lowest BCUT2D eigenvalue weighted by molar-refractivity contribution is -0.118. The summed E-state index contributed by atoms with van der Waals surface area (Å²) in [7, 11) is 0. The molecule has 2 amide bonds. The van der Waals surface area contributed by atoms with Gasteiger partial charge in [0.1, 0.15) is 5.75 Å². The first-order chi connectivity index (χ1) is 17.5. The second kappa shape index (κ2) is 10.4. The zero-order chi connectivity index (χ0) is 25.1. The Hall–Kier alpha value is -3.94. The van der Waals surface area contributed by atoms with E-state index in [9.17, 15) is 9.59 Å². The minimum Gasteiger partial charge on any atom is -0.484 e. The van der Waals surface area contributed by atoms with Crippen LogP contribution in [0.2, 0.25) is 0 Å². The maximum atomic E-state index is 13.3. The number of fused-ring (bicyclic) bond motifs is 1. The zero-order valence-corrected chi connectivity index (χ0v) is 21.1. The molecule has 0 saturated carbocycles. The van der Waals surface area contributed by atoms with E-state index in [1.165, 1.54) is 11.8 Å². The number of nitrogens with one attached hydrogen (secondary N) is 1. The molecule has 0 aliphatic carbocycles. The van der Waals surface area contributed by atoms with E-state index in [2.05, 4.69) is 5.32 Å². The smallest absolute Gasteiger partial charge is 0.270 e. The van der Waals surface area contributed by atoms with Crippen molar-refractivity contribution < 1.29 is 14.3 Å². The summed E-state index contributed by atoms with van der Waals surface area (Å²) in [5, 5.41) is 4.88. The Kier molecular flexibility index (Phi) is 6.84. The topological polar surface area (TPSA) is 58.6 Å². The summed E-state index contributed by atoms with van der Waals surface area (Å²) in [5.41, 5.74) is 3.38. The van der Waals surface area contributed by atoms with Gasteiger partial charge in [0, 0.05) is 11.1 Å². The fourth-order valence-corrected chi connectivity index (χ4v) is 5.22. The Morgan fingerprint density at radius 2 is 1.69 bits per heavy atom. The summed E-state index contributed by atoms with van der Waals surface area (Å²) >= 11 is 6.84. The van der Waals surface area contributed by atoms with Crippen molar-refractivity contribution >= 4 is 68.3 Å². The number of rotatable bonds is 6. The molecule has 178 valence electrons. The van der Waals surface area contributed by atoms with Crippen LogP contribution in [0.4, 0.5) is 11.4 Å². The third-order valence-electron chi connectivity index (χ3n) is 5.77.